The summed E-state index contributed by atoms with van der Waals surface area (Å²) in [5.74, 6) is -2.32. The molecule has 0 aromatic carbocycles. The van der Waals surface area contributed by atoms with Crippen LogP contribution in [-0.2, 0) is 19.1 Å². The Hall–Kier alpha value is -1.63. The molecule has 1 saturated heterocycles. The van der Waals surface area contributed by atoms with Crippen LogP contribution in [0.15, 0.2) is 0 Å². The fourth-order valence-corrected chi connectivity index (χ4v) is 1.52. The van der Waals surface area contributed by atoms with Crippen molar-refractivity contribution in [1.29, 1.82) is 0 Å². The number of ether oxygens (including phenoxy) is 1. The number of hydrogen-bond donors (Lipinski definition) is 2. The minimum Gasteiger partial charge on any atom is -0.481 e. The van der Waals surface area contributed by atoms with E-state index in [1.165, 1.54) is 18.9 Å². The van der Waals surface area contributed by atoms with Crippen molar-refractivity contribution in [3.8, 4) is 0 Å². The fourth-order valence-electron chi connectivity index (χ4n) is 1.52. The lowest BCUT2D eigenvalue weighted by Gasteiger charge is -2.19. The topological polar surface area (TPSA) is 95.9 Å². The number of carboxylic acids is 1. The Morgan fingerprint density at radius 1 is 1.41 bits per heavy atom. The predicted molar refractivity (Wildman–Crippen MR) is 57.2 cm³/mol. The number of nitrogens with zero attached hydrogens (tertiary/aromatic N) is 1. The van der Waals surface area contributed by atoms with E-state index in [4.69, 9.17) is 9.84 Å². The molecule has 1 rings (SSSR count). The van der Waals surface area contributed by atoms with Crippen molar-refractivity contribution in [2.75, 3.05) is 26.8 Å². The molecule has 0 aromatic rings. The van der Waals surface area contributed by atoms with E-state index in [0.29, 0.717) is 0 Å². The molecule has 0 aliphatic carbocycles. The third-order valence-corrected chi connectivity index (χ3v) is 2.66. The molecule has 2 N–H and O–H groups in total. The molecule has 96 valence electrons. The SMILES string of the molecule is CC(=O)N(C)CC(=O)NC1COCC1C(=O)O. The molecule has 1 aliphatic heterocycles. The molecule has 17 heavy (non-hydrogen) atoms. The minimum atomic E-state index is -0.993. The smallest absolute Gasteiger partial charge is 0.311 e. The number of aliphatic carboxylic acids is 1. The molecule has 1 aliphatic rings. The molecular formula is C10H16N2O5. The van der Waals surface area contributed by atoms with Gasteiger partial charge in [0.2, 0.25) is 11.8 Å². The summed E-state index contributed by atoms with van der Waals surface area (Å²) in [6.07, 6.45) is 0. The van der Waals surface area contributed by atoms with Gasteiger partial charge in [0.1, 0.15) is 5.92 Å². The molecule has 2 atom stereocenters. The first-order chi connectivity index (χ1) is 7.91. The van der Waals surface area contributed by atoms with E-state index in [1.807, 2.05) is 0 Å². The molecule has 1 fully saturated rings. The van der Waals surface area contributed by atoms with Gasteiger partial charge in [0.15, 0.2) is 0 Å². The third kappa shape index (κ3) is 3.70. The lowest BCUT2D eigenvalue weighted by Crippen LogP contribution is -2.46. The zero-order valence-electron chi connectivity index (χ0n) is 9.80. The molecule has 0 radical (unpaired) electrons. The summed E-state index contributed by atoms with van der Waals surface area (Å²) in [7, 11) is 1.50. The average molecular weight is 244 g/mol. The number of carboxylic acid groups (broad SMARTS) is 1. The van der Waals surface area contributed by atoms with Crippen LogP contribution in [0.3, 0.4) is 0 Å². The molecule has 7 heteroatoms. The number of carbonyl (C=O) groups excluding carboxylic acids is 2. The first-order valence-corrected chi connectivity index (χ1v) is 5.23. The largest absolute Gasteiger partial charge is 0.481 e. The second-order valence-corrected chi connectivity index (χ2v) is 4.03. The average Bonchev–Trinajstić information content (AvgIpc) is 2.65. The molecule has 0 spiro atoms. The zero-order valence-corrected chi connectivity index (χ0v) is 9.80. The van der Waals surface area contributed by atoms with E-state index < -0.39 is 17.9 Å². The molecule has 0 saturated carbocycles. The number of hydrogen-bond acceptors (Lipinski definition) is 4. The van der Waals surface area contributed by atoms with Crippen molar-refractivity contribution in [3.63, 3.8) is 0 Å². The quantitative estimate of drug-likeness (QED) is 0.639. The Balaban J connectivity index is 2.45. The van der Waals surface area contributed by atoms with E-state index in [2.05, 4.69) is 5.32 Å². The van der Waals surface area contributed by atoms with Crippen LogP contribution in [0.2, 0.25) is 0 Å². The van der Waals surface area contributed by atoms with E-state index in [0.717, 1.165) is 0 Å². The van der Waals surface area contributed by atoms with E-state index in [1.54, 1.807) is 0 Å². The van der Waals surface area contributed by atoms with Crippen LogP contribution in [0.25, 0.3) is 0 Å². The van der Waals surface area contributed by atoms with Gasteiger partial charge >= 0.3 is 5.97 Å². The van der Waals surface area contributed by atoms with Gasteiger partial charge in [-0.25, -0.2) is 0 Å². The maximum Gasteiger partial charge on any atom is 0.311 e. The molecule has 2 unspecified atom stereocenters. The second-order valence-electron chi connectivity index (χ2n) is 4.03. The number of rotatable bonds is 4. The van der Waals surface area contributed by atoms with Crippen LogP contribution in [0, 0.1) is 5.92 Å². The Bertz CT molecular complexity index is 331. The molecule has 7 nitrogen and oxygen atoms in total. The Morgan fingerprint density at radius 2 is 2.06 bits per heavy atom. The maximum atomic E-state index is 11.5. The van der Waals surface area contributed by atoms with Gasteiger partial charge in [0.05, 0.1) is 25.8 Å². The standard InChI is InChI=1S/C10H16N2O5/c1-6(13)12(2)3-9(14)11-8-5-17-4-7(8)10(15)16/h7-8H,3-5H2,1-2H3,(H,11,14)(H,15,16). The number of amides is 2. The highest BCUT2D eigenvalue weighted by Gasteiger charge is 2.35. The number of carbonyl (C=O) groups is 3. The maximum absolute atomic E-state index is 11.5. The van der Waals surface area contributed by atoms with Crippen LogP contribution in [0.5, 0.6) is 0 Å². The lowest BCUT2D eigenvalue weighted by atomic mass is 10.0. The summed E-state index contributed by atoms with van der Waals surface area (Å²) in [6, 6.07) is -0.527. The Kier molecular flexibility index (Phi) is 4.45. The van der Waals surface area contributed by atoms with Crippen molar-refractivity contribution in [2.45, 2.75) is 13.0 Å². The van der Waals surface area contributed by atoms with Crippen LogP contribution >= 0.6 is 0 Å². The van der Waals surface area contributed by atoms with Crippen molar-refractivity contribution in [1.82, 2.24) is 10.2 Å². The van der Waals surface area contributed by atoms with E-state index in [9.17, 15) is 14.4 Å². The highest BCUT2D eigenvalue weighted by molar-refractivity contribution is 5.84. The summed E-state index contributed by atoms with van der Waals surface area (Å²) in [5, 5.41) is 11.4. The van der Waals surface area contributed by atoms with E-state index >= 15 is 0 Å². The summed E-state index contributed by atoms with van der Waals surface area (Å²) in [4.78, 5) is 34.5. The molecule has 1 heterocycles. The van der Waals surface area contributed by atoms with Gasteiger partial charge in [0.25, 0.3) is 0 Å². The van der Waals surface area contributed by atoms with Crippen molar-refractivity contribution in [2.24, 2.45) is 5.92 Å². The van der Waals surface area contributed by atoms with Crippen LogP contribution in [0.4, 0.5) is 0 Å². The van der Waals surface area contributed by atoms with Crippen molar-refractivity contribution in [3.05, 3.63) is 0 Å². The van der Waals surface area contributed by atoms with Crippen molar-refractivity contribution < 1.29 is 24.2 Å². The number of nitrogens with one attached hydrogen (secondary N) is 1. The fraction of sp³-hybridized carbons (Fsp3) is 0.700. The monoisotopic (exact) mass is 244 g/mol. The van der Waals surface area contributed by atoms with Gasteiger partial charge < -0.3 is 20.1 Å². The van der Waals surface area contributed by atoms with Crippen molar-refractivity contribution >= 4 is 17.8 Å². The normalized spacial score (nSPS) is 23.2. The van der Waals surface area contributed by atoms with Gasteiger partial charge in [-0.1, -0.05) is 0 Å². The summed E-state index contributed by atoms with van der Waals surface area (Å²) >= 11 is 0. The van der Waals surface area contributed by atoms with Crippen LogP contribution in [0.1, 0.15) is 6.92 Å². The molecule has 0 aromatic heterocycles. The highest BCUT2D eigenvalue weighted by atomic mass is 16.5. The van der Waals surface area contributed by atoms with Gasteiger partial charge in [-0.05, 0) is 0 Å². The van der Waals surface area contributed by atoms with Crippen LogP contribution in [-0.4, -0.2) is 60.6 Å². The number of likely N-dealkylation sites (N-methyl/N-ethyl adjacent to an activating group) is 1. The molecule has 2 amide bonds. The predicted octanol–water partition coefficient (Wildman–Crippen LogP) is -1.32. The van der Waals surface area contributed by atoms with Crippen LogP contribution < -0.4 is 5.32 Å². The summed E-state index contributed by atoms with van der Waals surface area (Å²) in [5.41, 5.74) is 0. The second kappa shape index (κ2) is 5.62. The Morgan fingerprint density at radius 3 is 2.59 bits per heavy atom. The van der Waals surface area contributed by atoms with E-state index in [-0.39, 0.29) is 31.6 Å². The molecular weight excluding hydrogens is 228 g/mol. The first-order valence-electron chi connectivity index (χ1n) is 5.23. The van der Waals surface area contributed by atoms with Gasteiger partial charge in [-0.2, -0.15) is 0 Å². The van der Waals surface area contributed by atoms with Gasteiger partial charge in [-0.15, -0.1) is 0 Å². The molecule has 0 bridgehead atoms. The summed E-state index contributed by atoms with van der Waals surface area (Å²) < 4.78 is 5.01. The first kappa shape index (κ1) is 13.4. The zero-order chi connectivity index (χ0) is 13.0. The third-order valence-electron chi connectivity index (χ3n) is 2.66. The van der Waals surface area contributed by atoms with Gasteiger partial charge in [-0.3, -0.25) is 14.4 Å². The Labute approximate surface area is 98.7 Å². The lowest BCUT2D eigenvalue weighted by molar-refractivity contribution is -0.142. The minimum absolute atomic E-state index is 0.0851. The highest BCUT2D eigenvalue weighted by Crippen LogP contribution is 2.13. The van der Waals surface area contributed by atoms with Gasteiger partial charge in [0, 0.05) is 14.0 Å². The summed E-state index contributed by atoms with van der Waals surface area (Å²) in [6.45, 7) is 1.56.